The maximum Gasteiger partial charge on any atom is 0.101 e. The summed E-state index contributed by atoms with van der Waals surface area (Å²) < 4.78 is 1.73. The van der Waals surface area contributed by atoms with Crippen LogP contribution in [0, 0.1) is 11.3 Å². The smallest absolute Gasteiger partial charge is 0.101 e. The monoisotopic (exact) mass is 328 g/mol. The molecule has 0 radical (unpaired) electrons. The number of aliphatic carboxylic acids is 1. The molecule has 0 N–H and O–H groups in total. The fourth-order valence-corrected chi connectivity index (χ4v) is 2.51. The molecular formula is C20H14N3O2-. The average Bonchev–Trinajstić information content (AvgIpc) is 3.03. The first kappa shape index (κ1) is 16.2. The van der Waals surface area contributed by atoms with Crippen molar-refractivity contribution in [1.29, 1.82) is 5.26 Å². The van der Waals surface area contributed by atoms with Gasteiger partial charge in [0.1, 0.15) is 6.07 Å². The number of nitriles is 1. The topological polar surface area (TPSA) is 81.7 Å². The lowest BCUT2D eigenvalue weighted by atomic mass is 10.1. The summed E-state index contributed by atoms with van der Waals surface area (Å²) >= 11 is 0. The molecule has 25 heavy (non-hydrogen) atoms. The highest BCUT2D eigenvalue weighted by Gasteiger charge is 2.11. The molecule has 2 aromatic carbocycles. The van der Waals surface area contributed by atoms with Crippen LogP contribution in [0.4, 0.5) is 0 Å². The quantitative estimate of drug-likeness (QED) is 0.531. The molecule has 0 fully saturated rings. The van der Waals surface area contributed by atoms with Crippen molar-refractivity contribution >= 4 is 12.0 Å². The van der Waals surface area contributed by atoms with E-state index in [0.29, 0.717) is 17.8 Å². The van der Waals surface area contributed by atoms with Crippen molar-refractivity contribution in [3.8, 4) is 17.3 Å². The molecule has 0 spiro atoms. The Morgan fingerprint density at radius 1 is 1.12 bits per heavy atom. The van der Waals surface area contributed by atoms with E-state index in [2.05, 4.69) is 5.10 Å². The third-order valence-electron chi connectivity index (χ3n) is 3.66. The molecule has 1 aromatic heterocycles. The number of carboxylic acids is 1. The number of hydrogen-bond acceptors (Lipinski definition) is 4. The van der Waals surface area contributed by atoms with E-state index in [9.17, 15) is 9.90 Å². The zero-order valence-corrected chi connectivity index (χ0v) is 13.3. The zero-order chi connectivity index (χ0) is 17.6. The first-order valence-electron chi connectivity index (χ1n) is 7.67. The van der Waals surface area contributed by atoms with Crippen LogP contribution in [-0.4, -0.2) is 15.7 Å². The minimum Gasteiger partial charge on any atom is -0.544 e. The predicted molar refractivity (Wildman–Crippen MR) is 91.8 cm³/mol. The zero-order valence-electron chi connectivity index (χ0n) is 13.3. The van der Waals surface area contributed by atoms with Crippen molar-refractivity contribution in [2.45, 2.75) is 6.54 Å². The third kappa shape index (κ3) is 3.82. The Bertz CT molecular complexity index is 952. The van der Waals surface area contributed by atoms with Gasteiger partial charge in [-0.2, -0.15) is 10.4 Å². The second kappa shape index (κ2) is 7.28. The first-order valence-corrected chi connectivity index (χ1v) is 7.67. The molecule has 0 saturated carbocycles. The van der Waals surface area contributed by atoms with Gasteiger partial charge in [-0.15, -0.1) is 0 Å². The van der Waals surface area contributed by atoms with Gasteiger partial charge in [0.2, 0.25) is 0 Å². The molecule has 1 heterocycles. The van der Waals surface area contributed by atoms with Gasteiger partial charge in [-0.05, 0) is 11.6 Å². The van der Waals surface area contributed by atoms with Crippen molar-refractivity contribution in [3.63, 3.8) is 0 Å². The van der Waals surface area contributed by atoms with Gasteiger partial charge in [0.15, 0.2) is 0 Å². The van der Waals surface area contributed by atoms with Crippen molar-refractivity contribution < 1.29 is 9.90 Å². The Hall–Kier alpha value is -3.65. The summed E-state index contributed by atoms with van der Waals surface area (Å²) in [5, 5.41) is 24.6. The second-order valence-corrected chi connectivity index (χ2v) is 5.44. The largest absolute Gasteiger partial charge is 0.544 e. The highest BCUT2D eigenvalue weighted by atomic mass is 16.4. The van der Waals surface area contributed by atoms with Crippen LogP contribution in [0.25, 0.3) is 17.3 Å². The molecule has 0 aliphatic carbocycles. The Labute approximate surface area is 145 Å². The van der Waals surface area contributed by atoms with Crippen LogP contribution in [0.5, 0.6) is 0 Å². The van der Waals surface area contributed by atoms with Crippen molar-refractivity contribution in [3.05, 3.63) is 83.6 Å². The highest BCUT2D eigenvalue weighted by molar-refractivity contribution is 5.96. The number of carbonyl (C=O) groups is 1. The fraction of sp³-hybridized carbons (Fsp3) is 0.0500. The maximum atomic E-state index is 11.1. The molecule has 0 atom stereocenters. The van der Waals surface area contributed by atoms with Gasteiger partial charge in [-0.25, -0.2) is 0 Å². The lowest BCUT2D eigenvalue weighted by Crippen LogP contribution is -2.23. The Balaban J connectivity index is 2.06. The number of rotatable bonds is 5. The number of hydrogen-bond donors (Lipinski definition) is 0. The lowest BCUT2D eigenvalue weighted by molar-refractivity contribution is -0.298. The van der Waals surface area contributed by atoms with E-state index in [0.717, 1.165) is 11.1 Å². The third-order valence-corrected chi connectivity index (χ3v) is 3.66. The van der Waals surface area contributed by atoms with Crippen LogP contribution in [0.3, 0.4) is 0 Å². The molecule has 0 bridgehead atoms. The number of aromatic nitrogens is 2. The Morgan fingerprint density at radius 3 is 2.36 bits per heavy atom. The molecule has 0 unspecified atom stereocenters. The summed E-state index contributed by atoms with van der Waals surface area (Å²) in [6.45, 7) is 0.543. The van der Waals surface area contributed by atoms with E-state index < -0.39 is 11.5 Å². The van der Waals surface area contributed by atoms with E-state index in [4.69, 9.17) is 5.26 Å². The van der Waals surface area contributed by atoms with Gasteiger partial charge in [0.05, 0.1) is 23.8 Å². The molecule has 0 amide bonds. The van der Waals surface area contributed by atoms with Crippen LogP contribution in [0.2, 0.25) is 0 Å². The Kier molecular flexibility index (Phi) is 4.72. The van der Waals surface area contributed by atoms with Crippen molar-refractivity contribution in [2.75, 3.05) is 0 Å². The van der Waals surface area contributed by atoms with Crippen molar-refractivity contribution in [1.82, 2.24) is 9.78 Å². The van der Waals surface area contributed by atoms with Crippen LogP contribution in [-0.2, 0) is 11.3 Å². The fourth-order valence-electron chi connectivity index (χ4n) is 2.51. The summed E-state index contributed by atoms with van der Waals surface area (Å²) in [5.41, 5.74) is 2.65. The van der Waals surface area contributed by atoms with Crippen LogP contribution in [0.15, 0.2) is 72.4 Å². The van der Waals surface area contributed by atoms with E-state index in [1.807, 2.05) is 60.7 Å². The number of carboxylic acid groups (broad SMARTS) is 1. The van der Waals surface area contributed by atoms with Crippen molar-refractivity contribution in [2.24, 2.45) is 0 Å². The number of carbonyl (C=O) groups excluding carboxylic acids is 1. The van der Waals surface area contributed by atoms with E-state index in [1.54, 1.807) is 16.9 Å². The molecule has 0 aliphatic rings. The van der Waals surface area contributed by atoms with Gasteiger partial charge < -0.3 is 9.90 Å². The van der Waals surface area contributed by atoms with Crippen LogP contribution < -0.4 is 5.11 Å². The van der Waals surface area contributed by atoms with E-state index >= 15 is 0 Å². The maximum absolute atomic E-state index is 11.1. The molecule has 5 heteroatoms. The molecule has 122 valence electrons. The number of nitrogens with zero attached hydrogens (tertiary/aromatic N) is 3. The molecule has 3 aromatic rings. The van der Waals surface area contributed by atoms with Gasteiger partial charge in [0.25, 0.3) is 0 Å². The van der Waals surface area contributed by atoms with Gasteiger partial charge in [-0.1, -0.05) is 60.7 Å². The van der Waals surface area contributed by atoms with Gasteiger partial charge in [0, 0.05) is 17.3 Å². The Morgan fingerprint density at radius 2 is 1.76 bits per heavy atom. The van der Waals surface area contributed by atoms with E-state index in [1.165, 1.54) is 6.08 Å². The van der Waals surface area contributed by atoms with Gasteiger partial charge >= 0.3 is 0 Å². The standard InChI is InChI=1S/C20H15N3O2/c21-12-17(20(24)25)11-18-14-23(13-15-7-3-1-4-8-15)22-19(18)16-9-5-2-6-10-16/h1-11,14H,13H2,(H,24,25)/p-1/b17-11+. The minimum absolute atomic E-state index is 0.434. The van der Waals surface area contributed by atoms with Crippen LogP contribution >= 0.6 is 0 Å². The highest BCUT2D eigenvalue weighted by Crippen LogP contribution is 2.24. The molecule has 0 saturated heterocycles. The molecule has 3 rings (SSSR count). The summed E-state index contributed by atoms with van der Waals surface area (Å²) in [6, 6.07) is 20.9. The minimum atomic E-state index is -1.50. The summed E-state index contributed by atoms with van der Waals surface area (Å²) in [7, 11) is 0. The summed E-state index contributed by atoms with van der Waals surface area (Å²) in [4.78, 5) is 11.1. The van der Waals surface area contributed by atoms with Gasteiger partial charge in [-0.3, -0.25) is 4.68 Å². The number of benzene rings is 2. The summed E-state index contributed by atoms with van der Waals surface area (Å²) in [6.07, 6.45) is 3.03. The molecule has 0 aliphatic heterocycles. The average molecular weight is 328 g/mol. The SMILES string of the molecule is N#C/C(=C\c1cn(Cc2ccccc2)nc1-c1ccccc1)C(=O)[O-]. The second-order valence-electron chi connectivity index (χ2n) is 5.44. The lowest BCUT2D eigenvalue weighted by Gasteiger charge is -2.01. The molecular weight excluding hydrogens is 314 g/mol. The summed E-state index contributed by atoms with van der Waals surface area (Å²) in [5.74, 6) is -1.50. The van der Waals surface area contributed by atoms with E-state index in [-0.39, 0.29) is 0 Å². The first-order chi connectivity index (χ1) is 12.2. The predicted octanol–water partition coefficient (Wildman–Crippen LogP) is 2.26. The molecule has 5 nitrogen and oxygen atoms in total. The van der Waals surface area contributed by atoms with Crippen LogP contribution in [0.1, 0.15) is 11.1 Å². The normalized spacial score (nSPS) is 11.1.